The zero-order valence-corrected chi connectivity index (χ0v) is 21.1. The maximum atomic E-state index is 13.2. The third-order valence-electron chi connectivity index (χ3n) is 5.98. The number of nitrogens with zero attached hydrogens (tertiary/aromatic N) is 2. The van der Waals surface area contributed by atoms with Gasteiger partial charge < -0.3 is 14.8 Å². The molecule has 0 spiro atoms. The van der Waals surface area contributed by atoms with Gasteiger partial charge in [-0.05, 0) is 68.7 Å². The van der Waals surface area contributed by atoms with Crippen LogP contribution in [0.3, 0.4) is 0 Å². The second-order valence-electron chi connectivity index (χ2n) is 9.20. The van der Waals surface area contributed by atoms with E-state index in [9.17, 15) is 27.6 Å². The number of hydrogen-bond donors (Lipinski definition) is 1. The van der Waals surface area contributed by atoms with E-state index in [-0.39, 0.29) is 11.8 Å². The number of nitrogens with one attached hydrogen (secondary N) is 1. The van der Waals surface area contributed by atoms with Crippen molar-refractivity contribution in [3.8, 4) is 17.7 Å². The first-order chi connectivity index (χ1) is 17.9. The van der Waals surface area contributed by atoms with Gasteiger partial charge in [0.1, 0.15) is 5.75 Å². The van der Waals surface area contributed by atoms with Crippen LogP contribution in [0.1, 0.15) is 48.9 Å². The molecule has 2 atom stereocenters. The fourth-order valence-electron chi connectivity index (χ4n) is 3.86. The molecule has 0 aliphatic carbocycles. The second kappa shape index (κ2) is 11.9. The van der Waals surface area contributed by atoms with Crippen LogP contribution in [0, 0.1) is 11.3 Å². The summed E-state index contributed by atoms with van der Waals surface area (Å²) in [6, 6.07) is 17.5. The van der Waals surface area contributed by atoms with E-state index in [0.29, 0.717) is 23.9 Å². The molecular formula is C28H27F4N3O3. The smallest absolute Gasteiger partial charge is 0.417 e. The van der Waals surface area contributed by atoms with Crippen molar-refractivity contribution in [2.45, 2.75) is 50.9 Å². The first-order valence-corrected chi connectivity index (χ1v) is 11.7. The highest BCUT2D eigenvalue weighted by Crippen LogP contribution is 2.30. The Bertz CT molecular complexity index is 1270. The van der Waals surface area contributed by atoms with Crippen LogP contribution in [0.4, 0.5) is 17.6 Å². The molecular weight excluding hydrogens is 502 g/mol. The molecule has 2 aromatic carbocycles. The molecule has 0 aliphatic rings. The third kappa shape index (κ3) is 7.44. The summed E-state index contributed by atoms with van der Waals surface area (Å²) in [7, 11) is 0. The summed E-state index contributed by atoms with van der Waals surface area (Å²) >= 11 is 0. The van der Waals surface area contributed by atoms with Crippen LogP contribution in [0.5, 0.6) is 11.6 Å². The zero-order chi connectivity index (χ0) is 27.9. The summed E-state index contributed by atoms with van der Waals surface area (Å²) in [6.07, 6.45) is -3.41. The largest absolute Gasteiger partial charge is 0.463 e. The number of carbonyl (C=O) groups is 1. The van der Waals surface area contributed by atoms with E-state index in [2.05, 4.69) is 16.4 Å². The molecule has 0 radical (unpaired) electrons. The predicted molar refractivity (Wildman–Crippen MR) is 132 cm³/mol. The van der Waals surface area contributed by atoms with Gasteiger partial charge in [-0.25, -0.2) is 9.37 Å². The highest BCUT2D eigenvalue weighted by molar-refractivity contribution is 5.85. The van der Waals surface area contributed by atoms with Crippen molar-refractivity contribution < 1.29 is 31.8 Å². The Hall–Kier alpha value is -4.13. The Kier molecular flexibility index (Phi) is 8.94. The van der Waals surface area contributed by atoms with E-state index < -0.39 is 36.2 Å². The summed E-state index contributed by atoms with van der Waals surface area (Å²) in [5, 5.41) is 12.3. The van der Waals surface area contributed by atoms with Gasteiger partial charge in [-0.2, -0.15) is 18.4 Å². The Morgan fingerprint density at radius 3 is 2.39 bits per heavy atom. The molecule has 0 bridgehead atoms. The van der Waals surface area contributed by atoms with Crippen molar-refractivity contribution in [1.29, 1.82) is 5.26 Å². The molecule has 0 fully saturated rings. The number of aromatic nitrogens is 1. The van der Waals surface area contributed by atoms with E-state index in [0.717, 1.165) is 23.3 Å². The lowest BCUT2D eigenvalue weighted by Gasteiger charge is -2.30. The molecule has 6 nitrogen and oxygen atoms in total. The van der Waals surface area contributed by atoms with Crippen molar-refractivity contribution >= 4 is 5.91 Å². The maximum absolute atomic E-state index is 13.2. The predicted octanol–water partition coefficient (Wildman–Crippen LogP) is 5.97. The number of benzene rings is 2. The quantitative estimate of drug-likeness (QED) is 0.328. The normalized spacial score (nSPS) is 13.2. The molecule has 38 heavy (non-hydrogen) atoms. The van der Waals surface area contributed by atoms with Gasteiger partial charge in [-0.15, -0.1) is 0 Å². The Labute approximate surface area is 218 Å². The average Bonchev–Trinajstić information content (AvgIpc) is 2.88. The molecule has 1 amide bonds. The summed E-state index contributed by atoms with van der Waals surface area (Å²) < 4.78 is 61.4. The van der Waals surface area contributed by atoms with Crippen molar-refractivity contribution in [2.75, 3.05) is 6.86 Å². The molecule has 1 unspecified atom stereocenters. The van der Waals surface area contributed by atoms with Crippen LogP contribution >= 0.6 is 0 Å². The van der Waals surface area contributed by atoms with Gasteiger partial charge in [-0.1, -0.05) is 24.3 Å². The number of ether oxygens (including phenoxy) is 2. The average molecular weight is 530 g/mol. The van der Waals surface area contributed by atoms with E-state index in [1.807, 2.05) is 13.0 Å². The number of pyridine rings is 1. The highest BCUT2D eigenvalue weighted by Gasteiger charge is 2.34. The molecule has 1 aromatic heterocycles. The number of nitriles is 1. The van der Waals surface area contributed by atoms with E-state index in [4.69, 9.17) is 9.47 Å². The molecule has 3 rings (SSSR count). The maximum Gasteiger partial charge on any atom is 0.417 e. The topological polar surface area (TPSA) is 84.2 Å². The van der Waals surface area contributed by atoms with Gasteiger partial charge in [0.05, 0.1) is 17.2 Å². The standard InChI is InChI=1S/C28H27F4N3O3/c1-18(35-26(36)27(2,3)38-25-12-9-22(16-34-25)28(30,31)32)24(21-6-4-5-20(13-21)15-33)14-19-7-10-23(11-8-19)37-17-29/h4-13,16,18,24H,14,17H2,1-3H3,(H,35,36)/t18-,24?/m0/s1. The van der Waals surface area contributed by atoms with Crippen LogP contribution in [0.15, 0.2) is 66.9 Å². The molecule has 1 heterocycles. The van der Waals surface area contributed by atoms with Crippen molar-refractivity contribution in [2.24, 2.45) is 0 Å². The highest BCUT2D eigenvalue weighted by atomic mass is 19.4. The van der Waals surface area contributed by atoms with Crippen LogP contribution in [-0.4, -0.2) is 29.4 Å². The molecule has 10 heteroatoms. The van der Waals surface area contributed by atoms with Gasteiger partial charge in [0.15, 0.2) is 5.60 Å². The molecule has 1 N–H and O–H groups in total. The number of carbonyl (C=O) groups excluding carboxylic acids is 1. The summed E-state index contributed by atoms with van der Waals surface area (Å²) in [4.78, 5) is 16.9. The first-order valence-electron chi connectivity index (χ1n) is 11.7. The van der Waals surface area contributed by atoms with Gasteiger partial charge in [0.2, 0.25) is 12.7 Å². The molecule has 200 valence electrons. The fraction of sp³-hybridized carbons (Fsp3) is 0.321. The van der Waals surface area contributed by atoms with Gasteiger partial charge in [0, 0.05) is 24.2 Å². The molecule has 3 aromatic rings. The lowest BCUT2D eigenvalue weighted by Crippen LogP contribution is -2.51. The zero-order valence-electron chi connectivity index (χ0n) is 21.1. The molecule has 0 saturated carbocycles. The van der Waals surface area contributed by atoms with Crippen LogP contribution in [-0.2, 0) is 17.4 Å². The van der Waals surface area contributed by atoms with E-state index in [1.54, 1.807) is 42.5 Å². The van der Waals surface area contributed by atoms with Crippen LogP contribution in [0.2, 0.25) is 0 Å². The second-order valence-corrected chi connectivity index (χ2v) is 9.20. The van der Waals surface area contributed by atoms with E-state index >= 15 is 0 Å². The minimum absolute atomic E-state index is 0.125. The van der Waals surface area contributed by atoms with Gasteiger partial charge in [-0.3, -0.25) is 4.79 Å². The van der Waals surface area contributed by atoms with Crippen molar-refractivity contribution in [3.63, 3.8) is 0 Å². The van der Waals surface area contributed by atoms with Gasteiger partial charge >= 0.3 is 6.18 Å². The lowest BCUT2D eigenvalue weighted by molar-refractivity contribution is -0.138. The number of alkyl halides is 4. The van der Waals surface area contributed by atoms with Crippen molar-refractivity contribution in [3.05, 3.63) is 89.1 Å². The van der Waals surface area contributed by atoms with Crippen molar-refractivity contribution in [1.82, 2.24) is 10.3 Å². The molecule has 0 aliphatic heterocycles. The lowest BCUT2D eigenvalue weighted by atomic mass is 9.85. The SMILES string of the molecule is C[C@H](NC(=O)C(C)(C)Oc1ccc(C(F)(F)F)cn1)C(Cc1ccc(OCF)cc1)c1cccc(C#N)c1. The van der Waals surface area contributed by atoms with Gasteiger partial charge in [0.25, 0.3) is 5.91 Å². The minimum Gasteiger partial charge on any atom is -0.463 e. The Balaban J connectivity index is 1.79. The van der Waals surface area contributed by atoms with E-state index in [1.165, 1.54) is 13.8 Å². The monoisotopic (exact) mass is 529 g/mol. The summed E-state index contributed by atoms with van der Waals surface area (Å²) in [5.74, 6) is -0.504. The van der Waals surface area contributed by atoms with Crippen LogP contribution in [0.25, 0.3) is 0 Å². The summed E-state index contributed by atoms with van der Waals surface area (Å²) in [6.45, 7) is 3.85. The fourth-order valence-corrected chi connectivity index (χ4v) is 3.86. The number of halogens is 4. The minimum atomic E-state index is -4.54. The van der Waals surface area contributed by atoms with Crippen LogP contribution < -0.4 is 14.8 Å². The Morgan fingerprint density at radius 2 is 1.82 bits per heavy atom. The third-order valence-corrected chi connectivity index (χ3v) is 5.98. The number of hydrogen-bond acceptors (Lipinski definition) is 5. The molecule has 0 saturated heterocycles. The number of amides is 1. The first kappa shape index (κ1) is 28.4. The summed E-state index contributed by atoms with van der Waals surface area (Å²) in [5.41, 5.74) is -0.189. The Morgan fingerprint density at radius 1 is 1.11 bits per heavy atom. The number of rotatable bonds is 10.